The fourth-order valence-corrected chi connectivity index (χ4v) is 1.90. The molecule has 1 amide bonds. The molecule has 0 saturated carbocycles. The third-order valence-corrected chi connectivity index (χ3v) is 2.95. The van der Waals surface area contributed by atoms with Gasteiger partial charge in [0.1, 0.15) is 0 Å². The van der Waals surface area contributed by atoms with E-state index in [0.717, 1.165) is 11.3 Å². The molecule has 0 saturated heterocycles. The normalized spacial score (nSPS) is 10.3. The first-order valence-corrected chi connectivity index (χ1v) is 6.49. The molecule has 0 atom stereocenters. The molecule has 0 spiro atoms. The van der Waals surface area contributed by atoms with Crippen LogP contribution in [0.5, 0.6) is 0 Å². The van der Waals surface area contributed by atoms with Crippen LogP contribution < -0.4 is 5.32 Å². The molecule has 5 nitrogen and oxygen atoms in total. The third kappa shape index (κ3) is 2.97. The van der Waals surface area contributed by atoms with Gasteiger partial charge in [0.2, 0.25) is 11.8 Å². The number of rotatable bonds is 3. The number of hydrogen-bond donors (Lipinski definition) is 1. The van der Waals surface area contributed by atoms with Crippen LogP contribution in [0.4, 0.5) is 5.69 Å². The Labute approximate surface area is 121 Å². The molecule has 0 unspecified atom stereocenters. The zero-order valence-corrected chi connectivity index (χ0v) is 11.4. The van der Waals surface area contributed by atoms with Crippen LogP contribution in [0.1, 0.15) is 16.2 Å². The maximum Gasteiger partial charge on any atom is 0.255 e. The van der Waals surface area contributed by atoms with Crippen LogP contribution in [0, 0.1) is 6.92 Å². The van der Waals surface area contributed by atoms with E-state index in [-0.39, 0.29) is 5.91 Å². The van der Waals surface area contributed by atoms with Crippen molar-refractivity contribution in [2.24, 2.45) is 0 Å². The molecule has 3 rings (SSSR count). The van der Waals surface area contributed by atoms with Crippen molar-refractivity contribution in [3.8, 4) is 11.5 Å². The molecule has 3 aromatic rings. The lowest BCUT2D eigenvalue weighted by atomic mass is 10.1. The standard InChI is InChI=1S/C16H13N3O2/c1-11-18-19-16(21-11)13-9-7-12(8-10-13)15(20)17-14-5-3-2-4-6-14/h2-10H,1H3,(H,17,20). The lowest BCUT2D eigenvalue weighted by Gasteiger charge is -2.05. The minimum Gasteiger partial charge on any atom is -0.421 e. The molecule has 0 fully saturated rings. The van der Waals surface area contributed by atoms with Crippen molar-refractivity contribution in [1.29, 1.82) is 0 Å². The van der Waals surface area contributed by atoms with Crippen molar-refractivity contribution in [3.05, 3.63) is 66.1 Å². The highest BCUT2D eigenvalue weighted by Gasteiger charge is 2.09. The van der Waals surface area contributed by atoms with E-state index in [2.05, 4.69) is 15.5 Å². The Balaban J connectivity index is 1.76. The summed E-state index contributed by atoms with van der Waals surface area (Å²) in [5.41, 5.74) is 2.12. The van der Waals surface area contributed by atoms with Crippen molar-refractivity contribution in [2.75, 3.05) is 5.32 Å². The number of aryl methyl sites for hydroxylation is 1. The van der Waals surface area contributed by atoms with Gasteiger partial charge in [-0.05, 0) is 36.4 Å². The first-order valence-electron chi connectivity index (χ1n) is 6.49. The molecule has 0 aliphatic carbocycles. The van der Waals surface area contributed by atoms with Crippen LogP contribution in [0.25, 0.3) is 11.5 Å². The maximum absolute atomic E-state index is 12.1. The van der Waals surface area contributed by atoms with Gasteiger partial charge < -0.3 is 9.73 Å². The number of para-hydroxylation sites is 1. The number of hydrogen-bond acceptors (Lipinski definition) is 4. The van der Waals surface area contributed by atoms with Crippen LogP contribution in [0.3, 0.4) is 0 Å². The van der Waals surface area contributed by atoms with Crippen molar-refractivity contribution in [3.63, 3.8) is 0 Å². The molecular weight excluding hydrogens is 266 g/mol. The van der Waals surface area contributed by atoms with Gasteiger partial charge in [0, 0.05) is 23.7 Å². The smallest absolute Gasteiger partial charge is 0.255 e. The van der Waals surface area contributed by atoms with Crippen molar-refractivity contribution < 1.29 is 9.21 Å². The van der Waals surface area contributed by atoms with Gasteiger partial charge in [-0.2, -0.15) is 0 Å². The molecule has 1 N–H and O–H groups in total. The van der Waals surface area contributed by atoms with Gasteiger partial charge in [0.25, 0.3) is 5.91 Å². The Hall–Kier alpha value is -2.95. The number of carbonyl (C=O) groups excluding carboxylic acids is 1. The number of nitrogens with one attached hydrogen (secondary N) is 1. The monoisotopic (exact) mass is 279 g/mol. The summed E-state index contributed by atoms with van der Waals surface area (Å²) in [7, 11) is 0. The highest BCUT2D eigenvalue weighted by molar-refractivity contribution is 6.04. The largest absolute Gasteiger partial charge is 0.421 e. The van der Waals surface area contributed by atoms with Crippen LogP contribution in [0.15, 0.2) is 59.0 Å². The number of nitrogens with zero attached hydrogens (tertiary/aromatic N) is 2. The zero-order valence-electron chi connectivity index (χ0n) is 11.4. The lowest BCUT2D eigenvalue weighted by Crippen LogP contribution is -2.11. The highest BCUT2D eigenvalue weighted by Crippen LogP contribution is 2.18. The van der Waals surface area contributed by atoms with Crippen LogP contribution >= 0.6 is 0 Å². The van der Waals surface area contributed by atoms with E-state index in [4.69, 9.17) is 4.42 Å². The van der Waals surface area contributed by atoms with E-state index in [1.54, 1.807) is 31.2 Å². The lowest BCUT2D eigenvalue weighted by molar-refractivity contribution is 0.102. The Morgan fingerprint density at radius 2 is 1.71 bits per heavy atom. The second-order valence-corrected chi connectivity index (χ2v) is 4.52. The molecule has 1 aromatic heterocycles. The number of amides is 1. The van der Waals surface area contributed by atoms with Gasteiger partial charge in [-0.3, -0.25) is 4.79 Å². The number of benzene rings is 2. The molecule has 5 heteroatoms. The van der Waals surface area contributed by atoms with Crippen molar-refractivity contribution in [2.45, 2.75) is 6.92 Å². The third-order valence-electron chi connectivity index (χ3n) is 2.95. The second kappa shape index (κ2) is 5.58. The molecule has 0 aliphatic rings. The van der Waals surface area contributed by atoms with Crippen molar-refractivity contribution in [1.82, 2.24) is 10.2 Å². The van der Waals surface area contributed by atoms with Gasteiger partial charge in [-0.25, -0.2) is 0 Å². The first-order chi connectivity index (χ1) is 10.2. The number of carbonyl (C=O) groups is 1. The summed E-state index contributed by atoms with van der Waals surface area (Å²) in [5.74, 6) is 0.799. The Kier molecular flexibility index (Phi) is 3.47. The first kappa shape index (κ1) is 13.1. The fourth-order valence-electron chi connectivity index (χ4n) is 1.90. The van der Waals surface area contributed by atoms with E-state index in [0.29, 0.717) is 17.3 Å². The summed E-state index contributed by atoms with van der Waals surface area (Å²) in [6.07, 6.45) is 0. The predicted octanol–water partition coefficient (Wildman–Crippen LogP) is 3.30. The summed E-state index contributed by atoms with van der Waals surface area (Å²) in [5, 5.41) is 10.6. The minimum absolute atomic E-state index is 0.158. The van der Waals surface area contributed by atoms with Gasteiger partial charge in [-0.1, -0.05) is 18.2 Å². The molecule has 1 heterocycles. The summed E-state index contributed by atoms with van der Waals surface area (Å²) < 4.78 is 5.34. The summed E-state index contributed by atoms with van der Waals surface area (Å²) >= 11 is 0. The summed E-state index contributed by atoms with van der Waals surface area (Å²) in [6, 6.07) is 16.4. The van der Waals surface area contributed by atoms with Gasteiger partial charge in [-0.15, -0.1) is 10.2 Å². The van der Waals surface area contributed by atoms with Crippen LogP contribution in [-0.2, 0) is 0 Å². The van der Waals surface area contributed by atoms with E-state index in [1.807, 2.05) is 30.3 Å². The Bertz CT molecular complexity index is 749. The minimum atomic E-state index is -0.158. The van der Waals surface area contributed by atoms with Gasteiger partial charge >= 0.3 is 0 Å². The van der Waals surface area contributed by atoms with Gasteiger partial charge in [0.05, 0.1) is 0 Å². The average Bonchev–Trinajstić information content (AvgIpc) is 2.95. The molecule has 21 heavy (non-hydrogen) atoms. The Morgan fingerprint density at radius 1 is 1.00 bits per heavy atom. The summed E-state index contributed by atoms with van der Waals surface area (Å²) in [6.45, 7) is 1.73. The molecule has 2 aromatic carbocycles. The second-order valence-electron chi connectivity index (χ2n) is 4.52. The molecular formula is C16H13N3O2. The van der Waals surface area contributed by atoms with E-state index in [1.165, 1.54) is 0 Å². The van der Waals surface area contributed by atoms with Gasteiger partial charge in [0.15, 0.2) is 0 Å². The molecule has 0 aliphatic heterocycles. The number of aromatic nitrogens is 2. The van der Waals surface area contributed by atoms with E-state index < -0.39 is 0 Å². The molecule has 104 valence electrons. The average molecular weight is 279 g/mol. The highest BCUT2D eigenvalue weighted by atomic mass is 16.4. The zero-order chi connectivity index (χ0) is 14.7. The quantitative estimate of drug-likeness (QED) is 0.798. The maximum atomic E-state index is 12.1. The number of anilines is 1. The van der Waals surface area contributed by atoms with Crippen molar-refractivity contribution >= 4 is 11.6 Å². The van der Waals surface area contributed by atoms with E-state index in [9.17, 15) is 4.79 Å². The van der Waals surface area contributed by atoms with Crippen LogP contribution in [0.2, 0.25) is 0 Å². The fraction of sp³-hybridized carbons (Fsp3) is 0.0625. The van der Waals surface area contributed by atoms with Crippen LogP contribution in [-0.4, -0.2) is 16.1 Å². The summed E-state index contributed by atoms with van der Waals surface area (Å²) in [4.78, 5) is 12.1. The Morgan fingerprint density at radius 3 is 2.33 bits per heavy atom. The van der Waals surface area contributed by atoms with E-state index >= 15 is 0 Å². The molecule has 0 bridgehead atoms. The SMILES string of the molecule is Cc1nnc(-c2ccc(C(=O)Nc3ccccc3)cc2)o1. The molecule has 0 radical (unpaired) electrons. The topological polar surface area (TPSA) is 68.0 Å². The predicted molar refractivity (Wildman–Crippen MR) is 78.9 cm³/mol.